The molecule has 0 aromatic heterocycles. The summed E-state index contributed by atoms with van der Waals surface area (Å²) < 4.78 is 42.7. The van der Waals surface area contributed by atoms with Crippen LogP contribution < -0.4 is 15.4 Å². The van der Waals surface area contributed by atoms with Crippen molar-refractivity contribution in [3.05, 3.63) is 29.8 Å². The number of rotatable bonds is 7. The van der Waals surface area contributed by atoms with Gasteiger partial charge in [-0.15, -0.1) is 0 Å². The first-order valence-corrected chi connectivity index (χ1v) is 7.11. The predicted molar refractivity (Wildman–Crippen MR) is 77.8 cm³/mol. The van der Waals surface area contributed by atoms with Crippen molar-refractivity contribution >= 4 is 11.8 Å². The van der Waals surface area contributed by atoms with E-state index in [1.807, 2.05) is 6.92 Å². The van der Waals surface area contributed by atoms with Crippen molar-refractivity contribution in [1.82, 2.24) is 10.6 Å². The van der Waals surface area contributed by atoms with Gasteiger partial charge in [-0.1, -0.05) is 13.0 Å². The fourth-order valence-electron chi connectivity index (χ4n) is 1.66. The minimum Gasteiger partial charge on any atom is -0.484 e. The second-order valence-electron chi connectivity index (χ2n) is 4.89. The van der Waals surface area contributed by atoms with E-state index in [1.54, 1.807) is 0 Å². The summed E-state index contributed by atoms with van der Waals surface area (Å²) in [7, 11) is 0. The zero-order valence-electron chi connectivity index (χ0n) is 12.9. The van der Waals surface area contributed by atoms with Gasteiger partial charge in [0.2, 0.25) is 5.91 Å². The molecule has 5 nitrogen and oxygen atoms in total. The zero-order chi connectivity index (χ0) is 17.5. The molecule has 0 radical (unpaired) electrons. The van der Waals surface area contributed by atoms with E-state index in [4.69, 9.17) is 4.74 Å². The maximum absolute atomic E-state index is 12.6. The highest BCUT2D eigenvalue weighted by Crippen LogP contribution is 2.31. The number of ether oxygens (including phenoxy) is 1. The molecule has 1 aromatic rings. The lowest BCUT2D eigenvalue weighted by atomic mass is 10.2. The van der Waals surface area contributed by atoms with Crippen molar-refractivity contribution < 1.29 is 27.5 Å². The summed E-state index contributed by atoms with van der Waals surface area (Å²) in [6.45, 7) is 3.42. The van der Waals surface area contributed by atoms with E-state index in [2.05, 4.69) is 10.6 Å². The van der Waals surface area contributed by atoms with Gasteiger partial charge in [0.15, 0.2) is 6.61 Å². The Morgan fingerprint density at radius 2 is 2.00 bits per heavy atom. The van der Waals surface area contributed by atoms with Crippen molar-refractivity contribution in [3.8, 4) is 5.75 Å². The minimum absolute atomic E-state index is 0.0712. The van der Waals surface area contributed by atoms with Crippen LogP contribution in [0, 0.1) is 0 Å². The van der Waals surface area contributed by atoms with Crippen LogP contribution in [0.5, 0.6) is 5.75 Å². The van der Waals surface area contributed by atoms with Crippen molar-refractivity contribution in [1.29, 1.82) is 0 Å². The minimum atomic E-state index is -4.48. The summed E-state index contributed by atoms with van der Waals surface area (Å²) in [6.07, 6.45) is -3.71. The molecule has 23 heavy (non-hydrogen) atoms. The lowest BCUT2D eigenvalue weighted by Crippen LogP contribution is -2.46. The van der Waals surface area contributed by atoms with Gasteiger partial charge < -0.3 is 15.4 Å². The van der Waals surface area contributed by atoms with Gasteiger partial charge in [0.05, 0.1) is 5.56 Å². The topological polar surface area (TPSA) is 67.4 Å². The average Bonchev–Trinajstić information content (AvgIpc) is 2.50. The number of amides is 2. The van der Waals surface area contributed by atoms with Crippen LogP contribution in [-0.2, 0) is 15.8 Å². The molecule has 1 aromatic carbocycles. The number of hydrogen-bond donors (Lipinski definition) is 2. The summed E-state index contributed by atoms with van der Waals surface area (Å²) >= 11 is 0. The number of hydrogen-bond acceptors (Lipinski definition) is 3. The monoisotopic (exact) mass is 332 g/mol. The van der Waals surface area contributed by atoms with Crippen LogP contribution in [0.2, 0.25) is 0 Å². The molecule has 1 atom stereocenters. The Kier molecular flexibility index (Phi) is 6.87. The molecule has 8 heteroatoms. The smallest absolute Gasteiger partial charge is 0.416 e. The second-order valence-corrected chi connectivity index (χ2v) is 4.89. The Hall–Kier alpha value is -2.25. The highest BCUT2D eigenvalue weighted by molar-refractivity contribution is 5.87. The summed E-state index contributed by atoms with van der Waals surface area (Å²) in [5.41, 5.74) is -0.859. The predicted octanol–water partition coefficient (Wildman–Crippen LogP) is 2.12. The van der Waals surface area contributed by atoms with Gasteiger partial charge in [-0.2, -0.15) is 13.2 Å². The summed E-state index contributed by atoms with van der Waals surface area (Å²) in [5, 5.41) is 5.02. The molecule has 0 unspecified atom stereocenters. The highest BCUT2D eigenvalue weighted by atomic mass is 19.4. The fourth-order valence-corrected chi connectivity index (χ4v) is 1.66. The van der Waals surface area contributed by atoms with E-state index >= 15 is 0 Å². The van der Waals surface area contributed by atoms with Crippen LogP contribution in [0.1, 0.15) is 25.8 Å². The molecule has 0 heterocycles. The third-order valence-corrected chi connectivity index (χ3v) is 2.85. The number of carbonyl (C=O) groups is 2. The zero-order valence-corrected chi connectivity index (χ0v) is 12.9. The first-order chi connectivity index (χ1) is 10.7. The molecular formula is C15H19F3N2O3. The fraction of sp³-hybridized carbons (Fsp3) is 0.467. The van der Waals surface area contributed by atoms with Crippen LogP contribution in [0.25, 0.3) is 0 Å². The van der Waals surface area contributed by atoms with Crippen LogP contribution in [0.3, 0.4) is 0 Å². The van der Waals surface area contributed by atoms with Gasteiger partial charge in [-0.3, -0.25) is 9.59 Å². The number of nitrogens with one attached hydrogen (secondary N) is 2. The molecule has 0 bridgehead atoms. The van der Waals surface area contributed by atoms with Crippen LogP contribution >= 0.6 is 0 Å². The molecule has 0 saturated carbocycles. The summed E-state index contributed by atoms with van der Waals surface area (Å²) in [5.74, 6) is -1.00. The molecule has 0 aliphatic heterocycles. The average molecular weight is 332 g/mol. The van der Waals surface area contributed by atoms with Crippen molar-refractivity contribution in [2.45, 2.75) is 32.5 Å². The molecule has 0 aliphatic rings. The number of alkyl halides is 3. The lowest BCUT2D eigenvalue weighted by molar-refractivity contribution is -0.137. The standard InChI is InChI=1S/C15H19F3N2O3/c1-3-7-19-14(22)10(2)20-13(21)9-23-12-6-4-5-11(8-12)15(16,17)18/h4-6,8,10H,3,7,9H2,1-2H3,(H,19,22)(H,20,21)/t10-/m1/s1. The van der Waals surface area contributed by atoms with E-state index in [0.29, 0.717) is 6.54 Å². The summed E-state index contributed by atoms with van der Waals surface area (Å²) in [6, 6.07) is 3.48. The van der Waals surface area contributed by atoms with Crippen molar-refractivity contribution in [2.75, 3.05) is 13.2 Å². The number of carbonyl (C=O) groups excluding carboxylic acids is 2. The molecule has 128 valence electrons. The number of benzene rings is 1. The van der Waals surface area contributed by atoms with Crippen molar-refractivity contribution in [2.24, 2.45) is 0 Å². The van der Waals surface area contributed by atoms with Crippen LogP contribution in [0.4, 0.5) is 13.2 Å². The summed E-state index contributed by atoms with van der Waals surface area (Å²) in [4.78, 5) is 23.2. The van der Waals surface area contributed by atoms with Gasteiger partial charge in [0, 0.05) is 6.54 Å². The van der Waals surface area contributed by atoms with E-state index in [-0.39, 0.29) is 11.7 Å². The molecule has 0 fully saturated rings. The third kappa shape index (κ3) is 6.58. The highest BCUT2D eigenvalue weighted by Gasteiger charge is 2.30. The Morgan fingerprint density at radius 3 is 2.61 bits per heavy atom. The molecule has 0 aliphatic carbocycles. The largest absolute Gasteiger partial charge is 0.484 e. The third-order valence-electron chi connectivity index (χ3n) is 2.85. The van der Waals surface area contributed by atoms with Crippen LogP contribution in [0.15, 0.2) is 24.3 Å². The van der Waals surface area contributed by atoms with E-state index in [9.17, 15) is 22.8 Å². The van der Waals surface area contributed by atoms with E-state index in [0.717, 1.165) is 18.6 Å². The van der Waals surface area contributed by atoms with Crippen LogP contribution in [-0.4, -0.2) is 31.0 Å². The molecule has 0 spiro atoms. The van der Waals surface area contributed by atoms with Gasteiger partial charge in [0.25, 0.3) is 5.91 Å². The molecular weight excluding hydrogens is 313 g/mol. The molecule has 0 saturated heterocycles. The van der Waals surface area contributed by atoms with Crippen molar-refractivity contribution in [3.63, 3.8) is 0 Å². The van der Waals surface area contributed by atoms with Gasteiger partial charge in [0.1, 0.15) is 11.8 Å². The van der Waals surface area contributed by atoms with Gasteiger partial charge in [-0.25, -0.2) is 0 Å². The molecule has 2 amide bonds. The maximum Gasteiger partial charge on any atom is 0.416 e. The Morgan fingerprint density at radius 1 is 1.30 bits per heavy atom. The number of halogens is 3. The van der Waals surface area contributed by atoms with Gasteiger partial charge >= 0.3 is 6.18 Å². The van der Waals surface area contributed by atoms with Gasteiger partial charge in [-0.05, 0) is 31.5 Å². The Bertz CT molecular complexity index is 547. The van der Waals surface area contributed by atoms with E-state index in [1.165, 1.54) is 19.1 Å². The SMILES string of the molecule is CCCNC(=O)[C@@H](C)NC(=O)COc1cccc(C(F)(F)F)c1. The first kappa shape index (κ1) is 18.8. The molecule has 2 N–H and O–H groups in total. The lowest BCUT2D eigenvalue weighted by Gasteiger charge is -2.14. The molecule has 1 rings (SSSR count). The first-order valence-electron chi connectivity index (χ1n) is 7.11. The Balaban J connectivity index is 2.49. The normalized spacial score (nSPS) is 12.4. The maximum atomic E-state index is 12.6. The van der Waals surface area contributed by atoms with E-state index < -0.39 is 30.3 Å². The second kappa shape index (κ2) is 8.40. The quantitative estimate of drug-likeness (QED) is 0.804. The Labute approximate surface area is 132 Å².